The van der Waals surface area contributed by atoms with Crippen LogP contribution >= 0.6 is 11.3 Å². The van der Waals surface area contributed by atoms with Crippen LogP contribution in [-0.2, 0) is 0 Å². The lowest BCUT2D eigenvalue weighted by molar-refractivity contribution is 1.18. The molecule has 0 N–H and O–H groups in total. The first kappa shape index (κ1) is 32.3. The van der Waals surface area contributed by atoms with Crippen molar-refractivity contribution < 1.29 is 0 Å². The second-order valence-electron chi connectivity index (χ2n) is 14.2. The van der Waals surface area contributed by atoms with E-state index in [4.69, 9.17) is 9.97 Å². The van der Waals surface area contributed by atoms with E-state index in [2.05, 4.69) is 193 Å². The van der Waals surface area contributed by atoms with E-state index in [1.165, 1.54) is 47.6 Å². The SMILES string of the molecule is c1ccc(-c2ccc(-c3nc(-c4ccccc4)cc(-c4cccc5c4c4ccccc4n5-c4ccc5sc6ccc(-c7ccccc7)cc6c5c4)n3)cc2)cc1. The minimum atomic E-state index is 0.700. The molecule has 0 aliphatic rings. The summed E-state index contributed by atoms with van der Waals surface area (Å²) in [5.41, 5.74) is 13.1. The van der Waals surface area contributed by atoms with Crippen molar-refractivity contribution in [1.82, 2.24) is 14.5 Å². The van der Waals surface area contributed by atoms with Gasteiger partial charge in [0.1, 0.15) is 0 Å². The average Bonchev–Trinajstić information content (AvgIpc) is 3.82. The summed E-state index contributed by atoms with van der Waals surface area (Å²) in [6, 6.07) is 71.4. The number of fused-ring (bicyclic) bond motifs is 6. The summed E-state index contributed by atoms with van der Waals surface area (Å²) in [4.78, 5) is 10.5. The van der Waals surface area contributed by atoms with Crippen LogP contribution in [0.2, 0.25) is 0 Å². The standard InChI is InChI=1S/C52H33N3S/c1-4-13-34(14-5-1)36-23-25-38(26-24-36)52-53-45(37-17-8-3-9-18-37)33-46(54-52)41-20-12-22-48-51(41)42-19-10-11-21-47(42)55(48)40-28-30-50-44(32-40)43-31-39(27-29-49(43)56-50)35-15-6-2-7-16-35/h1-33H. The molecular formula is C52H33N3S. The third-order valence-electron chi connectivity index (χ3n) is 10.8. The number of hydrogen-bond donors (Lipinski definition) is 0. The first-order valence-corrected chi connectivity index (χ1v) is 19.7. The van der Waals surface area contributed by atoms with Gasteiger partial charge in [-0.25, -0.2) is 9.97 Å². The fraction of sp³-hybridized carbons (Fsp3) is 0. The van der Waals surface area contributed by atoms with Gasteiger partial charge in [-0.2, -0.15) is 0 Å². The van der Waals surface area contributed by atoms with Crippen LogP contribution in [0.3, 0.4) is 0 Å². The Bertz CT molecular complexity index is 3220. The molecule has 0 atom stereocenters. The Morgan fingerprint density at radius 2 is 0.911 bits per heavy atom. The van der Waals surface area contributed by atoms with E-state index in [0.29, 0.717) is 5.82 Å². The molecule has 0 saturated heterocycles. The highest BCUT2D eigenvalue weighted by molar-refractivity contribution is 7.25. The molecule has 0 radical (unpaired) electrons. The zero-order chi connectivity index (χ0) is 37.0. The molecule has 11 rings (SSSR count). The van der Waals surface area contributed by atoms with Crippen LogP contribution in [0.25, 0.3) is 104 Å². The van der Waals surface area contributed by atoms with Gasteiger partial charge in [-0.05, 0) is 70.8 Å². The molecule has 56 heavy (non-hydrogen) atoms. The van der Waals surface area contributed by atoms with Gasteiger partial charge in [0.2, 0.25) is 0 Å². The normalized spacial score (nSPS) is 11.6. The molecule has 3 aromatic heterocycles. The lowest BCUT2D eigenvalue weighted by Crippen LogP contribution is -1.97. The third-order valence-corrected chi connectivity index (χ3v) is 12.0. The van der Waals surface area contributed by atoms with Crippen molar-refractivity contribution in [3.05, 3.63) is 200 Å². The first-order chi connectivity index (χ1) is 27.7. The van der Waals surface area contributed by atoms with Gasteiger partial charge in [0.25, 0.3) is 0 Å². The summed E-state index contributed by atoms with van der Waals surface area (Å²) in [5.74, 6) is 0.700. The highest BCUT2D eigenvalue weighted by Crippen LogP contribution is 2.42. The maximum absolute atomic E-state index is 5.32. The average molecular weight is 732 g/mol. The van der Waals surface area contributed by atoms with Crippen molar-refractivity contribution >= 4 is 53.3 Å². The fourth-order valence-corrected chi connectivity index (χ4v) is 9.21. The van der Waals surface area contributed by atoms with Crippen molar-refractivity contribution in [3.8, 4) is 61.8 Å². The molecule has 3 nitrogen and oxygen atoms in total. The Morgan fingerprint density at radius 3 is 1.66 bits per heavy atom. The quantitative estimate of drug-likeness (QED) is 0.170. The van der Waals surface area contributed by atoms with E-state index in [-0.39, 0.29) is 0 Å². The van der Waals surface area contributed by atoms with Gasteiger partial charge in [0.15, 0.2) is 5.82 Å². The van der Waals surface area contributed by atoms with Crippen LogP contribution < -0.4 is 0 Å². The summed E-state index contributed by atoms with van der Waals surface area (Å²) in [7, 11) is 0. The third kappa shape index (κ3) is 5.50. The molecule has 8 aromatic carbocycles. The summed E-state index contributed by atoms with van der Waals surface area (Å²) in [6.07, 6.45) is 0. The second-order valence-corrected chi connectivity index (χ2v) is 15.3. The molecule has 0 amide bonds. The van der Waals surface area contributed by atoms with E-state index >= 15 is 0 Å². The number of aromatic nitrogens is 3. The van der Waals surface area contributed by atoms with Gasteiger partial charge >= 0.3 is 0 Å². The van der Waals surface area contributed by atoms with E-state index in [1.807, 2.05) is 23.5 Å². The van der Waals surface area contributed by atoms with Crippen LogP contribution in [0.1, 0.15) is 0 Å². The van der Waals surface area contributed by atoms with Crippen molar-refractivity contribution in [2.75, 3.05) is 0 Å². The Morgan fingerprint density at radius 1 is 0.357 bits per heavy atom. The van der Waals surface area contributed by atoms with Gasteiger partial charge < -0.3 is 4.57 Å². The zero-order valence-electron chi connectivity index (χ0n) is 30.3. The van der Waals surface area contributed by atoms with Gasteiger partial charge in [-0.1, -0.05) is 152 Å². The largest absolute Gasteiger partial charge is 0.309 e. The van der Waals surface area contributed by atoms with E-state index in [1.54, 1.807) is 0 Å². The van der Waals surface area contributed by atoms with Gasteiger partial charge in [-0.3, -0.25) is 0 Å². The number of para-hydroxylation sites is 1. The van der Waals surface area contributed by atoms with E-state index in [9.17, 15) is 0 Å². The fourth-order valence-electron chi connectivity index (χ4n) is 8.14. The Hall–Kier alpha value is -7.14. The summed E-state index contributed by atoms with van der Waals surface area (Å²) >= 11 is 1.85. The van der Waals surface area contributed by atoms with Crippen LogP contribution in [0.5, 0.6) is 0 Å². The van der Waals surface area contributed by atoms with Gasteiger partial charge in [-0.15, -0.1) is 11.3 Å². The van der Waals surface area contributed by atoms with E-state index in [0.717, 1.165) is 50.4 Å². The highest BCUT2D eigenvalue weighted by atomic mass is 32.1. The molecule has 0 saturated carbocycles. The summed E-state index contributed by atoms with van der Waals surface area (Å²) in [6.45, 7) is 0. The van der Waals surface area contributed by atoms with Crippen LogP contribution in [0.15, 0.2) is 200 Å². The lowest BCUT2D eigenvalue weighted by atomic mass is 10.0. The molecule has 0 fully saturated rings. The predicted octanol–water partition coefficient (Wildman–Crippen LogP) is 14.3. The highest BCUT2D eigenvalue weighted by Gasteiger charge is 2.19. The van der Waals surface area contributed by atoms with Crippen molar-refractivity contribution in [1.29, 1.82) is 0 Å². The predicted molar refractivity (Wildman–Crippen MR) is 236 cm³/mol. The number of benzene rings is 8. The lowest BCUT2D eigenvalue weighted by Gasteiger charge is -2.12. The molecule has 0 bridgehead atoms. The molecule has 262 valence electrons. The smallest absolute Gasteiger partial charge is 0.160 e. The first-order valence-electron chi connectivity index (χ1n) is 18.9. The molecule has 0 spiro atoms. The second kappa shape index (κ2) is 13.3. The number of hydrogen-bond acceptors (Lipinski definition) is 3. The summed E-state index contributed by atoms with van der Waals surface area (Å²) in [5, 5.41) is 4.92. The van der Waals surface area contributed by atoms with Crippen LogP contribution in [-0.4, -0.2) is 14.5 Å². The molecule has 3 heterocycles. The van der Waals surface area contributed by atoms with Crippen LogP contribution in [0, 0.1) is 0 Å². The molecule has 11 aromatic rings. The maximum atomic E-state index is 5.32. The summed E-state index contributed by atoms with van der Waals surface area (Å²) < 4.78 is 5.00. The molecule has 0 unspecified atom stereocenters. The number of thiophene rings is 1. The van der Waals surface area contributed by atoms with Crippen molar-refractivity contribution in [3.63, 3.8) is 0 Å². The Balaban J connectivity index is 1.10. The molecular weight excluding hydrogens is 699 g/mol. The van der Waals surface area contributed by atoms with Gasteiger partial charge in [0.05, 0.1) is 22.4 Å². The monoisotopic (exact) mass is 731 g/mol. The number of nitrogens with zero attached hydrogens (tertiary/aromatic N) is 3. The Labute approximate surface area is 328 Å². The topological polar surface area (TPSA) is 30.7 Å². The minimum absolute atomic E-state index is 0.700. The Kier molecular flexibility index (Phi) is 7.68. The molecule has 4 heteroatoms. The minimum Gasteiger partial charge on any atom is -0.309 e. The van der Waals surface area contributed by atoms with Crippen molar-refractivity contribution in [2.45, 2.75) is 0 Å². The van der Waals surface area contributed by atoms with E-state index < -0.39 is 0 Å². The maximum Gasteiger partial charge on any atom is 0.160 e. The molecule has 0 aliphatic carbocycles. The van der Waals surface area contributed by atoms with Crippen LogP contribution in [0.4, 0.5) is 0 Å². The zero-order valence-corrected chi connectivity index (χ0v) is 31.1. The molecule has 0 aliphatic heterocycles. The van der Waals surface area contributed by atoms with Crippen molar-refractivity contribution in [2.24, 2.45) is 0 Å². The van der Waals surface area contributed by atoms with Gasteiger partial charge in [0, 0.05) is 53.3 Å². The number of rotatable bonds is 6.